The fourth-order valence-electron chi connectivity index (χ4n) is 1.14. The summed E-state index contributed by atoms with van der Waals surface area (Å²) < 4.78 is 0.672. The van der Waals surface area contributed by atoms with E-state index in [1.54, 1.807) is 23.7 Å². The lowest BCUT2D eigenvalue weighted by molar-refractivity contribution is 1.19. The third-order valence-electron chi connectivity index (χ3n) is 1.76. The number of hydrogen-bond acceptors (Lipinski definition) is 3. The van der Waals surface area contributed by atoms with E-state index in [2.05, 4.69) is 28.3 Å². The minimum absolute atomic E-state index is 0.672. The molecule has 2 heterocycles. The molecule has 0 aromatic carbocycles. The van der Waals surface area contributed by atoms with Gasteiger partial charge in [-0.1, -0.05) is 12.2 Å². The van der Waals surface area contributed by atoms with Crippen LogP contribution in [0.4, 0.5) is 0 Å². The molecule has 0 aliphatic rings. The molecule has 66 valence electrons. The van der Waals surface area contributed by atoms with E-state index in [0.717, 1.165) is 5.69 Å². The number of thiophene rings is 1. The summed E-state index contributed by atoms with van der Waals surface area (Å²) in [6, 6.07) is 2.09. The highest BCUT2D eigenvalue weighted by molar-refractivity contribution is 7.71. The van der Waals surface area contributed by atoms with E-state index >= 15 is 0 Å². The Hall–Kier alpha value is -1.00. The second kappa shape index (κ2) is 3.40. The lowest BCUT2D eigenvalue weighted by Gasteiger charge is -1.98. The fourth-order valence-corrected chi connectivity index (χ4v) is 2.20. The molecule has 0 unspecified atom stereocenters. The van der Waals surface area contributed by atoms with Crippen molar-refractivity contribution in [1.82, 2.24) is 9.97 Å². The molecule has 0 aliphatic carbocycles. The maximum Gasteiger partial charge on any atom is 0.122 e. The summed E-state index contributed by atoms with van der Waals surface area (Å²) in [4.78, 5) is 8.37. The average molecular weight is 208 g/mol. The number of aryl methyl sites for hydroxylation is 1. The molecular formula is C9H8N2S2. The second-order valence-corrected chi connectivity index (χ2v) is 4.10. The zero-order chi connectivity index (χ0) is 9.26. The van der Waals surface area contributed by atoms with Crippen LogP contribution >= 0.6 is 23.6 Å². The summed E-state index contributed by atoms with van der Waals surface area (Å²) in [5.41, 5.74) is 2.25. The van der Waals surface area contributed by atoms with Gasteiger partial charge in [0.2, 0.25) is 0 Å². The molecule has 0 atom stereocenters. The van der Waals surface area contributed by atoms with Crippen LogP contribution in [0, 0.1) is 11.6 Å². The smallest absolute Gasteiger partial charge is 0.122 e. The zero-order valence-corrected chi connectivity index (χ0v) is 8.71. The van der Waals surface area contributed by atoms with Crippen LogP contribution in [-0.4, -0.2) is 9.97 Å². The van der Waals surface area contributed by atoms with Crippen molar-refractivity contribution in [3.8, 4) is 10.6 Å². The Morgan fingerprint density at radius 1 is 1.46 bits per heavy atom. The molecule has 13 heavy (non-hydrogen) atoms. The highest BCUT2D eigenvalue weighted by Crippen LogP contribution is 2.26. The molecule has 0 fully saturated rings. The average Bonchev–Trinajstić information content (AvgIpc) is 2.51. The van der Waals surface area contributed by atoms with E-state index in [1.807, 2.05) is 0 Å². The summed E-state index contributed by atoms with van der Waals surface area (Å²) in [7, 11) is 0. The molecule has 1 N–H and O–H groups in total. The SMILES string of the molecule is Cc1ccsc1-c1cncc(=S)[nH]1. The lowest BCUT2D eigenvalue weighted by atomic mass is 10.2. The lowest BCUT2D eigenvalue weighted by Crippen LogP contribution is -1.84. The first-order valence-electron chi connectivity index (χ1n) is 3.86. The highest BCUT2D eigenvalue weighted by Gasteiger charge is 2.02. The van der Waals surface area contributed by atoms with Gasteiger partial charge in [0, 0.05) is 0 Å². The van der Waals surface area contributed by atoms with Gasteiger partial charge in [-0.3, -0.25) is 4.98 Å². The Balaban J connectivity index is 2.59. The van der Waals surface area contributed by atoms with Crippen molar-refractivity contribution in [1.29, 1.82) is 0 Å². The topological polar surface area (TPSA) is 28.7 Å². The van der Waals surface area contributed by atoms with E-state index in [9.17, 15) is 0 Å². The Morgan fingerprint density at radius 3 is 2.92 bits per heavy atom. The van der Waals surface area contributed by atoms with Crippen molar-refractivity contribution in [3.05, 3.63) is 34.0 Å². The van der Waals surface area contributed by atoms with Crippen LogP contribution in [-0.2, 0) is 0 Å². The third-order valence-corrected chi connectivity index (χ3v) is 3.02. The van der Waals surface area contributed by atoms with Gasteiger partial charge in [-0.05, 0) is 23.9 Å². The van der Waals surface area contributed by atoms with Gasteiger partial charge >= 0.3 is 0 Å². The predicted molar refractivity (Wildman–Crippen MR) is 57.5 cm³/mol. The molecule has 0 bridgehead atoms. The number of hydrogen-bond donors (Lipinski definition) is 1. The summed E-state index contributed by atoms with van der Waals surface area (Å²) >= 11 is 6.70. The molecule has 0 saturated carbocycles. The van der Waals surface area contributed by atoms with Crippen molar-refractivity contribution in [2.45, 2.75) is 6.92 Å². The van der Waals surface area contributed by atoms with Gasteiger partial charge in [-0.15, -0.1) is 11.3 Å². The fraction of sp³-hybridized carbons (Fsp3) is 0.111. The normalized spacial score (nSPS) is 10.2. The second-order valence-electron chi connectivity index (χ2n) is 2.74. The molecule has 2 nitrogen and oxygen atoms in total. The largest absolute Gasteiger partial charge is 0.343 e. The molecule has 0 spiro atoms. The predicted octanol–water partition coefficient (Wildman–Crippen LogP) is 3.18. The quantitative estimate of drug-likeness (QED) is 0.729. The first-order valence-corrected chi connectivity index (χ1v) is 5.15. The molecular weight excluding hydrogens is 200 g/mol. The van der Waals surface area contributed by atoms with Crippen molar-refractivity contribution in [2.24, 2.45) is 0 Å². The summed E-state index contributed by atoms with van der Waals surface area (Å²) in [5.74, 6) is 0. The maximum atomic E-state index is 5.00. The van der Waals surface area contributed by atoms with Gasteiger partial charge in [0.25, 0.3) is 0 Å². The van der Waals surface area contributed by atoms with Gasteiger partial charge in [0.1, 0.15) is 4.64 Å². The molecule has 0 aliphatic heterocycles. The van der Waals surface area contributed by atoms with Crippen molar-refractivity contribution in [3.63, 3.8) is 0 Å². The van der Waals surface area contributed by atoms with E-state index in [4.69, 9.17) is 12.2 Å². The monoisotopic (exact) mass is 208 g/mol. The van der Waals surface area contributed by atoms with E-state index in [1.165, 1.54) is 10.4 Å². The molecule has 0 radical (unpaired) electrons. The summed E-state index contributed by atoms with van der Waals surface area (Å²) in [6.45, 7) is 2.08. The van der Waals surface area contributed by atoms with Crippen LogP contribution in [0.1, 0.15) is 5.56 Å². The number of nitrogens with zero attached hydrogens (tertiary/aromatic N) is 1. The molecule has 0 amide bonds. The maximum absolute atomic E-state index is 5.00. The zero-order valence-electron chi connectivity index (χ0n) is 7.07. The van der Waals surface area contributed by atoms with Gasteiger partial charge in [-0.2, -0.15) is 0 Å². The first-order chi connectivity index (χ1) is 6.27. The molecule has 2 aromatic rings. The Morgan fingerprint density at radius 2 is 2.31 bits per heavy atom. The number of rotatable bonds is 1. The minimum atomic E-state index is 0.672. The van der Waals surface area contributed by atoms with Crippen molar-refractivity contribution < 1.29 is 0 Å². The number of aromatic nitrogens is 2. The minimum Gasteiger partial charge on any atom is -0.343 e. The number of nitrogens with one attached hydrogen (secondary N) is 1. The third kappa shape index (κ3) is 1.68. The van der Waals surface area contributed by atoms with E-state index in [-0.39, 0.29) is 0 Å². The number of H-pyrrole nitrogens is 1. The van der Waals surface area contributed by atoms with Crippen LogP contribution in [0.2, 0.25) is 0 Å². The summed E-state index contributed by atoms with van der Waals surface area (Å²) in [6.07, 6.45) is 3.44. The van der Waals surface area contributed by atoms with Crippen molar-refractivity contribution in [2.75, 3.05) is 0 Å². The molecule has 4 heteroatoms. The number of aromatic amines is 1. The summed E-state index contributed by atoms with van der Waals surface area (Å²) in [5, 5.41) is 2.06. The van der Waals surface area contributed by atoms with Crippen LogP contribution in [0.5, 0.6) is 0 Å². The standard InChI is InChI=1S/C9H8N2S2/c1-6-2-3-13-9(6)7-4-10-5-8(12)11-7/h2-5H,1H3,(H,11,12). The van der Waals surface area contributed by atoms with Crippen molar-refractivity contribution >= 4 is 23.6 Å². The van der Waals surface area contributed by atoms with E-state index in [0.29, 0.717) is 4.64 Å². The molecule has 2 rings (SSSR count). The first kappa shape index (κ1) is 8.59. The van der Waals surface area contributed by atoms with E-state index < -0.39 is 0 Å². The van der Waals surface area contributed by atoms with Gasteiger partial charge in [0.15, 0.2) is 0 Å². The van der Waals surface area contributed by atoms with Crippen LogP contribution < -0.4 is 0 Å². The van der Waals surface area contributed by atoms with Gasteiger partial charge in [-0.25, -0.2) is 0 Å². The Kier molecular flexibility index (Phi) is 2.24. The Bertz CT molecular complexity index is 470. The molecule has 2 aromatic heterocycles. The van der Waals surface area contributed by atoms with Crippen LogP contribution in [0.25, 0.3) is 10.6 Å². The molecule has 0 saturated heterocycles. The van der Waals surface area contributed by atoms with Crippen LogP contribution in [0.3, 0.4) is 0 Å². The highest BCUT2D eigenvalue weighted by atomic mass is 32.1. The van der Waals surface area contributed by atoms with Gasteiger partial charge in [0.05, 0.1) is 23.0 Å². The van der Waals surface area contributed by atoms with Crippen LogP contribution in [0.15, 0.2) is 23.8 Å². The Labute approximate surface area is 85.3 Å². The van der Waals surface area contributed by atoms with Gasteiger partial charge < -0.3 is 4.98 Å².